The Morgan fingerprint density at radius 2 is 1.94 bits per heavy atom. The summed E-state index contributed by atoms with van der Waals surface area (Å²) in [4.78, 5) is 0. The highest BCUT2D eigenvalue weighted by Gasteiger charge is 2.14. The lowest BCUT2D eigenvalue weighted by molar-refractivity contribution is 0.619. The van der Waals surface area contributed by atoms with Gasteiger partial charge in [-0.2, -0.15) is 9.61 Å². The normalized spacial score (nSPS) is 11.1. The van der Waals surface area contributed by atoms with Gasteiger partial charge in [-0.05, 0) is 37.1 Å². The number of benzene rings is 1. The van der Waals surface area contributed by atoms with Gasteiger partial charge in [0.25, 0.3) is 0 Å². The number of rotatable bonds is 1. The molecule has 0 radical (unpaired) electrons. The Bertz CT molecular complexity index is 733. The summed E-state index contributed by atoms with van der Waals surface area (Å²) in [6, 6.07) is 6.78. The van der Waals surface area contributed by atoms with Crippen molar-refractivity contribution in [2.75, 3.05) is 0 Å². The highest BCUT2D eigenvalue weighted by atomic mass is 19.1. The molecule has 2 heterocycles. The zero-order chi connectivity index (χ0) is 12.7. The van der Waals surface area contributed by atoms with Crippen LogP contribution in [-0.4, -0.2) is 19.8 Å². The molecule has 3 rings (SSSR count). The van der Waals surface area contributed by atoms with Crippen molar-refractivity contribution in [1.29, 1.82) is 0 Å². The van der Waals surface area contributed by atoms with Crippen LogP contribution in [0.4, 0.5) is 4.39 Å². The van der Waals surface area contributed by atoms with Crippen molar-refractivity contribution in [3.8, 4) is 11.4 Å². The Kier molecular flexibility index (Phi) is 2.33. The number of halogens is 1. The quantitative estimate of drug-likeness (QED) is 0.658. The summed E-state index contributed by atoms with van der Waals surface area (Å²) in [5.41, 5.74) is 2.93. The van der Waals surface area contributed by atoms with Crippen LogP contribution in [0.5, 0.6) is 0 Å². The first kappa shape index (κ1) is 10.8. The molecule has 0 fully saturated rings. The zero-order valence-corrected chi connectivity index (χ0v) is 10.1. The lowest BCUT2D eigenvalue weighted by Gasteiger charge is -2.04. The van der Waals surface area contributed by atoms with Crippen LogP contribution in [0.2, 0.25) is 0 Å². The van der Waals surface area contributed by atoms with Gasteiger partial charge in [0, 0.05) is 11.8 Å². The Morgan fingerprint density at radius 1 is 1.11 bits per heavy atom. The third-order valence-corrected chi connectivity index (χ3v) is 3.01. The van der Waals surface area contributed by atoms with Gasteiger partial charge in [-0.1, -0.05) is 12.1 Å². The van der Waals surface area contributed by atoms with Gasteiger partial charge in [-0.3, -0.25) is 0 Å². The predicted molar refractivity (Wildman–Crippen MR) is 65.7 cm³/mol. The van der Waals surface area contributed by atoms with E-state index in [9.17, 15) is 4.39 Å². The van der Waals surface area contributed by atoms with Crippen LogP contribution in [0.15, 0.2) is 30.5 Å². The molecule has 1 aromatic carbocycles. The number of hydrogen-bond donors (Lipinski definition) is 0. The van der Waals surface area contributed by atoms with E-state index in [2.05, 4.69) is 15.3 Å². The molecule has 3 aromatic rings. The largest absolute Gasteiger partial charge is 0.207 e. The standard InChI is InChI=1S/C13H11FN4/c1-8-6-7-15-18-12(8)16-17-13(18)10-4-3-5-11(14)9(10)2/h3-7H,1-2H3. The third kappa shape index (κ3) is 1.48. The van der Waals surface area contributed by atoms with Gasteiger partial charge in [0.2, 0.25) is 0 Å². The van der Waals surface area contributed by atoms with Crippen LogP contribution >= 0.6 is 0 Å². The van der Waals surface area contributed by atoms with E-state index >= 15 is 0 Å². The molecule has 4 nitrogen and oxygen atoms in total. The fourth-order valence-corrected chi connectivity index (χ4v) is 1.94. The minimum Gasteiger partial charge on any atom is -0.207 e. The Hall–Kier alpha value is -2.30. The Morgan fingerprint density at radius 3 is 2.78 bits per heavy atom. The fourth-order valence-electron chi connectivity index (χ4n) is 1.94. The molecule has 0 saturated carbocycles. The molecule has 0 unspecified atom stereocenters. The highest BCUT2D eigenvalue weighted by molar-refractivity contribution is 5.63. The summed E-state index contributed by atoms with van der Waals surface area (Å²) < 4.78 is 15.2. The van der Waals surface area contributed by atoms with E-state index in [-0.39, 0.29) is 5.82 Å². The van der Waals surface area contributed by atoms with Gasteiger partial charge in [0.05, 0.1) is 0 Å². The maximum absolute atomic E-state index is 13.6. The van der Waals surface area contributed by atoms with Crippen LogP contribution in [-0.2, 0) is 0 Å². The molecule has 0 saturated heterocycles. The topological polar surface area (TPSA) is 43.1 Å². The molecule has 0 amide bonds. The van der Waals surface area contributed by atoms with Crippen LogP contribution in [0.25, 0.3) is 17.0 Å². The molecule has 5 heteroatoms. The van der Waals surface area contributed by atoms with E-state index in [1.54, 1.807) is 23.7 Å². The van der Waals surface area contributed by atoms with E-state index in [1.165, 1.54) is 6.07 Å². The molecule has 2 aromatic heterocycles. The molecule has 0 aliphatic heterocycles. The molecule has 0 atom stereocenters. The van der Waals surface area contributed by atoms with E-state index in [4.69, 9.17) is 0 Å². The first-order valence-electron chi connectivity index (χ1n) is 5.61. The van der Waals surface area contributed by atoms with Crippen LogP contribution < -0.4 is 0 Å². The van der Waals surface area contributed by atoms with Gasteiger partial charge in [0.15, 0.2) is 11.5 Å². The molecular formula is C13H11FN4. The molecule has 0 N–H and O–H groups in total. The lowest BCUT2D eigenvalue weighted by Crippen LogP contribution is -1.97. The fraction of sp³-hybridized carbons (Fsp3) is 0.154. The van der Waals surface area contributed by atoms with E-state index < -0.39 is 0 Å². The number of hydrogen-bond acceptors (Lipinski definition) is 3. The highest BCUT2D eigenvalue weighted by Crippen LogP contribution is 2.23. The van der Waals surface area contributed by atoms with Crippen LogP contribution in [0, 0.1) is 19.7 Å². The van der Waals surface area contributed by atoms with Crippen molar-refractivity contribution in [1.82, 2.24) is 19.8 Å². The molecule has 0 aliphatic rings. The van der Waals surface area contributed by atoms with Gasteiger partial charge >= 0.3 is 0 Å². The predicted octanol–water partition coefficient (Wildman–Crippen LogP) is 2.55. The molecule has 18 heavy (non-hydrogen) atoms. The summed E-state index contributed by atoms with van der Waals surface area (Å²) in [5.74, 6) is 0.308. The second kappa shape index (κ2) is 3.87. The number of aryl methyl sites for hydroxylation is 1. The Balaban J connectivity index is 2.33. The molecule has 0 bridgehead atoms. The lowest BCUT2D eigenvalue weighted by atomic mass is 10.1. The molecule has 0 aliphatic carbocycles. The van der Waals surface area contributed by atoms with Crippen molar-refractivity contribution in [2.24, 2.45) is 0 Å². The summed E-state index contributed by atoms with van der Waals surface area (Å²) in [5, 5.41) is 12.4. The summed E-state index contributed by atoms with van der Waals surface area (Å²) >= 11 is 0. The molecule has 0 spiro atoms. The molecule has 90 valence electrons. The number of aromatic nitrogens is 4. The van der Waals surface area contributed by atoms with Crippen molar-refractivity contribution >= 4 is 5.65 Å². The van der Waals surface area contributed by atoms with E-state index in [0.29, 0.717) is 22.6 Å². The van der Waals surface area contributed by atoms with Crippen molar-refractivity contribution in [3.63, 3.8) is 0 Å². The minimum atomic E-state index is -0.253. The van der Waals surface area contributed by atoms with E-state index in [1.807, 2.05) is 19.1 Å². The minimum absolute atomic E-state index is 0.253. The number of nitrogens with zero attached hydrogens (tertiary/aromatic N) is 4. The van der Waals surface area contributed by atoms with Crippen molar-refractivity contribution in [2.45, 2.75) is 13.8 Å². The second-order valence-electron chi connectivity index (χ2n) is 4.19. The number of fused-ring (bicyclic) bond motifs is 1. The Labute approximate surface area is 103 Å². The third-order valence-electron chi connectivity index (χ3n) is 3.01. The maximum Gasteiger partial charge on any atom is 0.185 e. The summed E-state index contributed by atoms with van der Waals surface area (Å²) in [7, 11) is 0. The van der Waals surface area contributed by atoms with Crippen LogP contribution in [0.3, 0.4) is 0 Å². The van der Waals surface area contributed by atoms with Crippen molar-refractivity contribution in [3.05, 3.63) is 47.4 Å². The van der Waals surface area contributed by atoms with E-state index in [0.717, 1.165) is 5.56 Å². The second-order valence-corrected chi connectivity index (χ2v) is 4.19. The first-order valence-corrected chi connectivity index (χ1v) is 5.61. The smallest absolute Gasteiger partial charge is 0.185 e. The monoisotopic (exact) mass is 242 g/mol. The van der Waals surface area contributed by atoms with Gasteiger partial charge < -0.3 is 0 Å². The van der Waals surface area contributed by atoms with Crippen LogP contribution in [0.1, 0.15) is 11.1 Å². The summed E-state index contributed by atoms with van der Waals surface area (Å²) in [6.07, 6.45) is 1.68. The van der Waals surface area contributed by atoms with Gasteiger partial charge in [-0.25, -0.2) is 4.39 Å². The maximum atomic E-state index is 13.6. The van der Waals surface area contributed by atoms with Gasteiger partial charge in [-0.15, -0.1) is 10.2 Å². The van der Waals surface area contributed by atoms with Gasteiger partial charge in [0.1, 0.15) is 5.82 Å². The van der Waals surface area contributed by atoms with Crippen molar-refractivity contribution < 1.29 is 4.39 Å². The summed E-state index contributed by atoms with van der Waals surface area (Å²) in [6.45, 7) is 3.66. The average molecular weight is 242 g/mol. The SMILES string of the molecule is Cc1c(F)cccc1-c1nnc2c(C)ccnn12. The average Bonchev–Trinajstić information content (AvgIpc) is 2.78. The molecular weight excluding hydrogens is 231 g/mol. The first-order chi connectivity index (χ1) is 8.68. The zero-order valence-electron chi connectivity index (χ0n) is 10.1.